The summed E-state index contributed by atoms with van der Waals surface area (Å²) in [4.78, 5) is 24.2. The summed E-state index contributed by atoms with van der Waals surface area (Å²) in [5, 5.41) is 0. The van der Waals surface area contributed by atoms with Gasteiger partial charge in [0, 0.05) is 0 Å². The van der Waals surface area contributed by atoms with E-state index in [0.717, 1.165) is 0 Å². The van der Waals surface area contributed by atoms with Crippen LogP contribution in [0.1, 0.15) is 12.5 Å². The molecule has 29 heavy (non-hydrogen) atoms. The van der Waals surface area contributed by atoms with Crippen molar-refractivity contribution in [3.63, 3.8) is 0 Å². The van der Waals surface area contributed by atoms with E-state index < -0.39 is 23.7 Å². The maximum atomic E-state index is 13.6. The number of hydrogen-bond donors (Lipinski definition) is 2. The van der Waals surface area contributed by atoms with Crippen molar-refractivity contribution < 1.29 is 32.9 Å². The average Bonchev–Trinajstić information content (AvgIpc) is 2.72. The molecule has 0 bridgehead atoms. The monoisotopic (exact) mass is 406 g/mol. The lowest BCUT2D eigenvalue weighted by atomic mass is 10.1. The van der Waals surface area contributed by atoms with Gasteiger partial charge in [0.1, 0.15) is 0 Å². The van der Waals surface area contributed by atoms with Crippen LogP contribution in [0.2, 0.25) is 0 Å². The van der Waals surface area contributed by atoms with Crippen molar-refractivity contribution >= 4 is 11.8 Å². The minimum atomic E-state index is -1.02. The number of carbonyl (C=O) groups excluding carboxylic acids is 2. The number of rotatable bonds is 8. The van der Waals surface area contributed by atoms with E-state index in [1.54, 1.807) is 18.2 Å². The first-order valence-electron chi connectivity index (χ1n) is 8.68. The molecule has 8 nitrogen and oxygen atoms in total. The van der Waals surface area contributed by atoms with Crippen LogP contribution >= 0.6 is 0 Å². The van der Waals surface area contributed by atoms with Crippen LogP contribution in [0.3, 0.4) is 0 Å². The standard InChI is InChI=1S/C20H23FN2O6/c1-12(29-15-8-6-5-7-14(15)21)20(25)23-22-18(24)11-13-9-16(26-2)19(28-4)17(10-13)27-3/h5-10,12H,11H2,1-4H3,(H,22,24)(H,23,25)/t12-/m0/s1. The van der Waals surface area contributed by atoms with Gasteiger partial charge in [-0.3, -0.25) is 20.4 Å². The Labute approximate surface area is 167 Å². The molecule has 2 amide bonds. The summed E-state index contributed by atoms with van der Waals surface area (Å²) in [6.45, 7) is 1.44. The summed E-state index contributed by atoms with van der Waals surface area (Å²) in [6, 6.07) is 8.99. The van der Waals surface area contributed by atoms with Crippen molar-refractivity contribution in [1.29, 1.82) is 0 Å². The molecule has 0 radical (unpaired) electrons. The predicted octanol–water partition coefficient (Wildman–Crippen LogP) is 2.01. The van der Waals surface area contributed by atoms with Gasteiger partial charge in [0.15, 0.2) is 29.2 Å². The molecular formula is C20H23FN2O6. The molecular weight excluding hydrogens is 383 g/mol. The molecule has 2 rings (SSSR count). The highest BCUT2D eigenvalue weighted by atomic mass is 19.1. The molecule has 9 heteroatoms. The zero-order valence-electron chi connectivity index (χ0n) is 16.6. The predicted molar refractivity (Wildman–Crippen MR) is 103 cm³/mol. The summed E-state index contributed by atoms with van der Waals surface area (Å²) in [6.07, 6.45) is -1.08. The molecule has 2 aromatic carbocycles. The van der Waals surface area contributed by atoms with Crippen LogP contribution in [-0.2, 0) is 16.0 Å². The number of hydrogen-bond acceptors (Lipinski definition) is 6. The van der Waals surface area contributed by atoms with Crippen molar-refractivity contribution in [2.45, 2.75) is 19.4 Å². The van der Waals surface area contributed by atoms with Gasteiger partial charge < -0.3 is 18.9 Å². The Morgan fingerprint density at radius 3 is 2.14 bits per heavy atom. The molecule has 0 saturated carbocycles. The van der Waals surface area contributed by atoms with Crippen LogP contribution < -0.4 is 29.8 Å². The lowest BCUT2D eigenvalue weighted by molar-refractivity contribution is -0.132. The van der Waals surface area contributed by atoms with E-state index in [1.807, 2.05) is 0 Å². The minimum Gasteiger partial charge on any atom is -0.493 e. The zero-order chi connectivity index (χ0) is 21.4. The Morgan fingerprint density at radius 2 is 1.59 bits per heavy atom. The van der Waals surface area contributed by atoms with Crippen LogP contribution in [0.15, 0.2) is 36.4 Å². The number of para-hydroxylation sites is 1. The Kier molecular flexibility index (Phi) is 7.64. The molecule has 0 saturated heterocycles. The fraction of sp³-hybridized carbons (Fsp3) is 0.300. The number of ether oxygens (including phenoxy) is 4. The van der Waals surface area contributed by atoms with Gasteiger partial charge >= 0.3 is 0 Å². The minimum absolute atomic E-state index is 0.0560. The fourth-order valence-electron chi connectivity index (χ4n) is 2.48. The first-order chi connectivity index (χ1) is 13.9. The van der Waals surface area contributed by atoms with Gasteiger partial charge in [-0.25, -0.2) is 4.39 Å². The van der Waals surface area contributed by atoms with E-state index in [-0.39, 0.29) is 12.2 Å². The number of amides is 2. The van der Waals surface area contributed by atoms with Crippen LogP contribution in [0.5, 0.6) is 23.0 Å². The molecule has 0 spiro atoms. The number of hydrazine groups is 1. The van der Waals surface area contributed by atoms with Gasteiger partial charge in [0.25, 0.3) is 5.91 Å². The van der Waals surface area contributed by atoms with Crippen molar-refractivity contribution in [1.82, 2.24) is 10.9 Å². The molecule has 2 N–H and O–H groups in total. The number of nitrogens with one attached hydrogen (secondary N) is 2. The van der Waals surface area contributed by atoms with E-state index >= 15 is 0 Å². The summed E-state index contributed by atoms with van der Waals surface area (Å²) in [7, 11) is 4.42. The van der Waals surface area contributed by atoms with E-state index in [9.17, 15) is 14.0 Å². The smallest absolute Gasteiger partial charge is 0.279 e. The molecule has 0 aliphatic rings. The van der Waals surface area contributed by atoms with E-state index in [1.165, 1.54) is 46.5 Å². The normalized spacial score (nSPS) is 11.2. The molecule has 0 unspecified atom stereocenters. The van der Waals surface area contributed by atoms with Crippen molar-refractivity contribution in [3.8, 4) is 23.0 Å². The summed E-state index contributed by atoms with van der Waals surface area (Å²) in [5.41, 5.74) is 5.12. The third-order valence-electron chi connectivity index (χ3n) is 3.92. The highest BCUT2D eigenvalue weighted by molar-refractivity contribution is 5.85. The molecule has 0 heterocycles. The molecule has 0 aliphatic carbocycles. The number of methoxy groups -OCH3 is 3. The molecule has 0 aromatic heterocycles. The molecule has 0 aliphatic heterocycles. The molecule has 1 atom stereocenters. The molecule has 2 aromatic rings. The Morgan fingerprint density at radius 1 is 0.966 bits per heavy atom. The Hall–Kier alpha value is -3.49. The summed E-state index contributed by atoms with van der Waals surface area (Å²) in [5.74, 6) is -0.530. The maximum absolute atomic E-state index is 13.6. The van der Waals surface area contributed by atoms with E-state index in [0.29, 0.717) is 22.8 Å². The third kappa shape index (κ3) is 5.74. The van der Waals surface area contributed by atoms with Gasteiger partial charge in [-0.1, -0.05) is 12.1 Å². The SMILES string of the molecule is COc1cc(CC(=O)NNC(=O)[C@H](C)Oc2ccccc2F)cc(OC)c1OC. The quantitative estimate of drug-likeness (QED) is 0.652. The van der Waals surface area contributed by atoms with E-state index in [4.69, 9.17) is 18.9 Å². The van der Waals surface area contributed by atoms with Crippen LogP contribution in [0, 0.1) is 5.82 Å². The van der Waals surface area contributed by atoms with Crippen molar-refractivity contribution in [2.24, 2.45) is 0 Å². The lowest BCUT2D eigenvalue weighted by Gasteiger charge is -2.16. The molecule has 0 fully saturated rings. The van der Waals surface area contributed by atoms with Gasteiger partial charge in [-0.15, -0.1) is 0 Å². The van der Waals surface area contributed by atoms with Crippen LogP contribution in [-0.4, -0.2) is 39.2 Å². The first kappa shape index (κ1) is 21.8. The van der Waals surface area contributed by atoms with Gasteiger partial charge in [0.05, 0.1) is 27.8 Å². The van der Waals surface area contributed by atoms with Gasteiger partial charge in [-0.05, 0) is 36.8 Å². The third-order valence-corrected chi connectivity index (χ3v) is 3.92. The largest absolute Gasteiger partial charge is 0.493 e. The number of carbonyl (C=O) groups is 2. The number of halogens is 1. The van der Waals surface area contributed by atoms with Gasteiger partial charge in [0.2, 0.25) is 11.7 Å². The average molecular weight is 406 g/mol. The maximum Gasteiger partial charge on any atom is 0.279 e. The van der Waals surface area contributed by atoms with E-state index in [2.05, 4.69) is 10.9 Å². The van der Waals surface area contributed by atoms with Crippen molar-refractivity contribution in [2.75, 3.05) is 21.3 Å². The topological polar surface area (TPSA) is 95.1 Å². The van der Waals surface area contributed by atoms with Crippen LogP contribution in [0.4, 0.5) is 4.39 Å². The Bertz CT molecular complexity index is 849. The van der Waals surface area contributed by atoms with Crippen molar-refractivity contribution in [3.05, 3.63) is 47.8 Å². The second kappa shape index (κ2) is 10.2. The number of benzene rings is 2. The summed E-state index contributed by atoms with van der Waals surface area (Å²) >= 11 is 0. The molecule has 156 valence electrons. The van der Waals surface area contributed by atoms with Crippen LogP contribution in [0.25, 0.3) is 0 Å². The Balaban J connectivity index is 1.94. The second-order valence-electron chi connectivity index (χ2n) is 5.94. The first-order valence-corrected chi connectivity index (χ1v) is 8.68. The zero-order valence-corrected chi connectivity index (χ0v) is 16.6. The summed E-state index contributed by atoms with van der Waals surface area (Å²) < 4.78 is 34.6. The lowest BCUT2D eigenvalue weighted by Crippen LogP contribution is -2.47. The second-order valence-corrected chi connectivity index (χ2v) is 5.94. The fourth-order valence-corrected chi connectivity index (χ4v) is 2.48. The van der Waals surface area contributed by atoms with Gasteiger partial charge in [-0.2, -0.15) is 0 Å². The highest BCUT2D eigenvalue weighted by Gasteiger charge is 2.18. The highest BCUT2D eigenvalue weighted by Crippen LogP contribution is 2.38.